The second kappa shape index (κ2) is 8.06. The second-order valence-electron chi connectivity index (χ2n) is 7.50. The van der Waals surface area contributed by atoms with Crippen molar-refractivity contribution in [1.82, 2.24) is 8.61 Å². The van der Waals surface area contributed by atoms with Crippen LogP contribution in [0, 0.1) is 12.8 Å². The predicted octanol–water partition coefficient (Wildman–Crippen LogP) is 3.24. The van der Waals surface area contributed by atoms with Crippen LogP contribution in [0.5, 0.6) is 0 Å². The number of benzene rings is 1. The van der Waals surface area contributed by atoms with Gasteiger partial charge in [0.15, 0.2) is 0 Å². The highest BCUT2D eigenvalue weighted by Gasteiger charge is 2.35. The van der Waals surface area contributed by atoms with Gasteiger partial charge >= 0.3 is 0 Å². The van der Waals surface area contributed by atoms with Gasteiger partial charge in [0, 0.05) is 37.9 Å². The minimum atomic E-state index is -3.31. The van der Waals surface area contributed by atoms with Crippen molar-refractivity contribution in [2.24, 2.45) is 5.92 Å². The van der Waals surface area contributed by atoms with E-state index in [2.05, 4.69) is 36.5 Å². The molecule has 1 aliphatic carbocycles. The summed E-state index contributed by atoms with van der Waals surface area (Å²) >= 11 is 0. The molecule has 0 spiro atoms. The Morgan fingerprint density at radius 1 is 1.20 bits per heavy atom. The molecule has 1 saturated carbocycles. The third-order valence-corrected chi connectivity index (χ3v) is 7.13. The van der Waals surface area contributed by atoms with E-state index in [9.17, 15) is 8.42 Å². The molecule has 1 aromatic rings. The molecule has 2 aliphatic rings. The van der Waals surface area contributed by atoms with Gasteiger partial charge in [-0.1, -0.05) is 19.1 Å². The van der Waals surface area contributed by atoms with Crippen molar-refractivity contribution >= 4 is 15.9 Å². The van der Waals surface area contributed by atoms with Crippen LogP contribution >= 0.6 is 0 Å². The fraction of sp³-hybridized carbons (Fsp3) is 0.684. The number of hydrogen-bond acceptors (Lipinski definition) is 3. The first kappa shape index (κ1) is 18.7. The number of nitrogens with zero attached hydrogens (tertiary/aromatic N) is 2. The summed E-state index contributed by atoms with van der Waals surface area (Å²) in [5, 5.41) is 3.56. The molecule has 25 heavy (non-hydrogen) atoms. The van der Waals surface area contributed by atoms with E-state index in [-0.39, 0.29) is 0 Å². The number of aryl methyl sites for hydroxylation is 1. The largest absolute Gasteiger partial charge is 0.382 e. The zero-order valence-corrected chi connectivity index (χ0v) is 16.3. The van der Waals surface area contributed by atoms with E-state index in [4.69, 9.17) is 0 Å². The maximum absolute atomic E-state index is 13.0. The summed E-state index contributed by atoms with van der Waals surface area (Å²) in [5.74, 6) is 0.585. The van der Waals surface area contributed by atoms with Crippen molar-refractivity contribution in [1.29, 1.82) is 0 Å². The summed E-state index contributed by atoms with van der Waals surface area (Å²) < 4.78 is 29.4. The minimum absolute atomic E-state index is 0.344. The average Bonchev–Trinajstić information content (AvgIpc) is 3.39. The summed E-state index contributed by atoms with van der Waals surface area (Å²) in [7, 11) is -3.31. The molecule has 1 N–H and O–H groups in total. The number of nitrogens with one attached hydrogen (secondary N) is 1. The molecule has 2 fully saturated rings. The first-order valence-corrected chi connectivity index (χ1v) is 11.0. The Morgan fingerprint density at radius 3 is 2.52 bits per heavy atom. The fourth-order valence-electron chi connectivity index (χ4n) is 3.50. The molecule has 0 aromatic heterocycles. The lowest BCUT2D eigenvalue weighted by Gasteiger charge is -2.35. The number of piperidine rings is 1. The van der Waals surface area contributed by atoms with E-state index in [1.165, 1.54) is 18.4 Å². The van der Waals surface area contributed by atoms with Crippen LogP contribution in [0.1, 0.15) is 44.6 Å². The molecule has 0 unspecified atom stereocenters. The minimum Gasteiger partial charge on any atom is -0.382 e. The Labute approximate surface area is 152 Å². The third-order valence-electron chi connectivity index (χ3n) is 5.13. The van der Waals surface area contributed by atoms with Crippen molar-refractivity contribution in [3.05, 3.63) is 29.8 Å². The van der Waals surface area contributed by atoms with Crippen molar-refractivity contribution in [3.8, 4) is 0 Å². The first-order valence-electron chi connectivity index (χ1n) is 9.57. The quantitative estimate of drug-likeness (QED) is 0.769. The van der Waals surface area contributed by atoms with Crippen LogP contribution in [0.15, 0.2) is 24.3 Å². The SMILES string of the molecule is CCCN(CC1CC1)S(=O)(=O)N1CCC(Nc2cccc(C)c2)CC1. The molecule has 140 valence electrons. The van der Waals surface area contributed by atoms with Crippen molar-refractivity contribution < 1.29 is 8.42 Å². The maximum atomic E-state index is 13.0. The number of anilines is 1. The van der Waals surface area contributed by atoms with Gasteiger partial charge in [0.2, 0.25) is 0 Å². The summed E-state index contributed by atoms with van der Waals surface area (Å²) in [6.07, 6.45) is 4.95. The van der Waals surface area contributed by atoms with Crippen molar-refractivity contribution in [2.45, 2.75) is 52.0 Å². The Morgan fingerprint density at radius 2 is 1.92 bits per heavy atom. The van der Waals surface area contributed by atoms with E-state index in [0.29, 0.717) is 38.1 Å². The average molecular weight is 366 g/mol. The van der Waals surface area contributed by atoms with E-state index in [1.807, 2.05) is 6.92 Å². The van der Waals surface area contributed by atoms with Gasteiger partial charge in [0.05, 0.1) is 0 Å². The Kier molecular flexibility index (Phi) is 6.02. The van der Waals surface area contributed by atoms with Gasteiger partial charge in [-0.2, -0.15) is 17.0 Å². The number of hydrogen-bond donors (Lipinski definition) is 1. The van der Waals surface area contributed by atoms with Crippen LogP contribution < -0.4 is 5.32 Å². The van der Waals surface area contributed by atoms with E-state index < -0.39 is 10.2 Å². The molecule has 0 atom stereocenters. The zero-order chi connectivity index (χ0) is 17.9. The second-order valence-corrected chi connectivity index (χ2v) is 9.42. The molecule has 1 saturated heterocycles. The lowest BCUT2D eigenvalue weighted by atomic mass is 10.1. The summed E-state index contributed by atoms with van der Waals surface area (Å²) in [6, 6.07) is 8.70. The molecule has 0 bridgehead atoms. The molecule has 5 nitrogen and oxygen atoms in total. The molecule has 3 rings (SSSR count). The standard InChI is InChI=1S/C19H31N3O2S/c1-3-11-22(15-17-7-8-17)25(23,24)21-12-9-18(10-13-21)20-19-6-4-5-16(2)14-19/h4-6,14,17-18,20H,3,7-13,15H2,1-2H3. The van der Waals surface area contributed by atoms with Gasteiger partial charge in [-0.25, -0.2) is 0 Å². The summed E-state index contributed by atoms with van der Waals surface area (Å²) in [4.78, 5) is 0. The lowest BCUT2D eigenvalue weighted by Crippen LogP contribution is -2.49. The Bertz CT molecular complexity index is 665. The molecule has 1 aliphatic heterocycles. The molecule has 6 heteroatoms. The molecular weight excluding hydrogens is 334 g/mol. The molecule has 0 radical (unpaired) electrons. The van der Waals surface area contributed by atoms with Gasteiger partial charge in [0.1, 0.15) is 0 Å². The van der Waals surface area contributed by atoms with Crippen LogP contribution in [0.2, 0.25) is 0 Å². The third kappa shape index (κ3) is 4.96. The maximum Gasteiger partial charge on any atom is 0.281 e. The Balaban J connectivity index is 1.56. The van der Waals surface area contributed by atoms with Crippen LogP contribution in [0.25, 0.3) is 0 Å². The molecule has 1 heterocycles. The highest BCUT2D eigenvalue weighted by molar-refractivity contribution is 7.86. The van der Waals surface area contributed by atoms with Gasteiger partial charge in [-0.3, -0.25) is 0 Å². The van der Waals surface area contributed by atoms with Crippen molar-refractivity contribution in [2.75, 3.05) is 31.5 Å². The highest BCUT2D eigenvalue weighted by atomic mass is 32.2. The molecule has 0 amide bonds. The number of rotatable bonds is 8. The normalized spacial score (nSPS) is 20.1. The molecule has 1 aromatic carbocycles. The lowest BCUT2D eigenvalue weighted by molar-refractivity contribution is 0.288. The van der Waals surface area contributed by atoms with E-state index >= 15 is 0 Å². The van der Waals surface area contributed by atoms with Gasteiger partial charge in [-0.15, -0.1) is 0 Å². The van der Waals surface area contributed by atoms with Crippen LogP contribution in [0.4, 0.5) is 5.69 Å². The highest BCUT2D eigenvalue weighted by Crippen LogP contribution is 2.31. The van der Waals surface area contributed by atoms with E-state index in [1.54, 1.807) is 8.61 Å². The van der Waals surface area contributed by atoms with Crippen molar-refractivity contribution in [3.63, 3.8) is 0 Å². The summed E-state index contributed by atoms with van der Waals surface area (Å²) in [6.45, 7) is 6.70. The summed E-state index contributed by atoms with van der Waals surface area (Å²) in [5.41, 5.74) is 2.36. The van der Waals surface area contributed by atoms with Crippen LogP contribution in [0.3, 0.4) is 0 Å². The smallest absolute Gasteiger partial charge is 0.281 e. The van der Waals surface area contributed by atoms with Gasteiger partial charge in [-0.05, 0) is 62.6 Å². The van der Waals surface area contributed by atoms with E-state index in [0.717, 1.165) is 24.9 Å². The molecular formula is C19H31N3O2S. The van der Waals surface area contributed by atoms with Gasteiger partial charge in [0.25, 0.3) is 10.2 Å². The monoisotopic (exact) mass is 365 g/mol. The fourth-order valence-corrected chi connectivity index (χ4v) is 5.31. The zero-order valence-electron chi connectivity index (χ0n) is 15.4. The van der Waals surface area contributed by atoms with Crippen LogP contribution in [-0.4, -0.2) is 49.2 Å². The predicted molar refractivity (Wildman–Crippen MR) is 103 cm³/mol. The van der Waals surface area contributed by atoms with Crippen LogP contribution in [-0.2, 0) is 10.2 Å². The first-order chi connectivity index (χ1) is 12.0. The topological polar surface area (TPSA) is 52.7 Å². The van der Waals surface area contributed by atoms with Gasteiger partial charge < -0.3 is 5.32 Å². The Hall–Kier alpha value is -1.11.